The van der Waals surface area contributed by atoms with Crippen LogP contribution in [0.3, 0.4) is 0 Å². The molecule has 1 aliphatic rings. The second-order valence-corrected chi connectivity index (χ2v) is 4.92. The Kier molecular flexibility index (Phi) is 3.14. The zero-order valence-electron chi connectivity index (χ0n) is 10.4. The number of halogens is 3. The van der Waals surface area contributed by atoms with Gasteiger partial charge in [0.05, 0.1) is 6.04 Å². The van der Waals surface area contributed by atoms with Gasteiger partial charge in [0, 0.05) is 5.56 Å². The number of hydrogen-bond donors (Lipinski definition) is 2. The van der Waals surface area contributed by atoms with Crippen LogP contribution in [0.1, 0.15) is 25.5 Å². The van der Waals surface area contributed by atoms with Crippen LogP contribution >= 0.6 is 0 Å². The third-order valence-electron chi connectivity index (χ3n) is 3.00. The molecule has 1 aromatic carbocycles. The summed E-state index contributed by atoms with van der Waals surface area (Å²) in [7, 11) is 0. The van der Waals surface area contributed by atoms with Crippen molar-refractivity contribution in [1.82, 2.24) is 0 Å². The highest BCUT2D eigenvalue weighted by Crippen LogP contribution is 2.40. The summed E-state index contributed by atoms with van der Waals surface area (Å²) in [6, 6.07) is 2.79. The molecule has 2 atom stereocenters. The average Bonchev–Trinajstić information content (AvgIpc) is 2.25. The van der Waals surface area contributed by atoms with Gasteiger partial charge in [0.25, 0.3) is 0 Å². The smallest absolute Gasteiger partial charge is 0.485 e. The van der Waals surface area contributed by atoms with Crippen LogP contribution in [0.4, 0.5) is 13.2 Å². The Balaban J connectivity index is 2.36. The second kappa shape index (κ2) is 4.28. The lowest BCUT2D eigenvalue weighted by molar-refractivity contribution is -0.274. The molecule has 0 unspecified atom stereocenters. The molecule has 106 valence electrons. The van der Waals surface area contributed by atoms with E-state index < -0.39 is 29.9 Å². The SMILES string of the molecule is CC1(C)Oc2ccc(OC(F)(F)F)cc2[C@H](N)[C@H]1O. The lowest BCUT2D eigenvalue weighted by Crippen LogP contribution is -2.51. The topological polar surface area (TPSA) is 64.7 Å². The summed E-state index contributed by atoms with van der Waals surface area (Å²) in [5, 5.41) is 9.96. The standard InChI is InChI=1S/C12H14F3NO3/c1-11(2)10(17)9(16)7-5-6(18-12(13,14)15)3-4-8(7)19-11/h3-5,9-10,17H,16H2,1-2H3/t9-,10+/m0/s1. The van der Waals surface area contributed by atoms with E-state index in [9.17, 15) is 18.3 Å². The fourth-order valence-corrected chi connectivity index (χ4v) is 2.02. The fraction of sp³-hybridized carbons (Fsp3) is 0.500. The minimum Gasteiger partial charge on any atom is -0.485 e. The molecule has 0 radical (unpaired) electrons. The zero-order chi connectivity index (χ0) is 14.4. The van der Waals surface area contributed by atoms with Crippen molar-refractivity contribution < 1.29 is 27.8 Å². The third-order valence-corrected chi connectivity index (χ3v) is 3.00. The Bertz CT molecular complexity index is 488. The Morgan fingerprint density at radius 3 is 2.58 bits per heavy atom. The predicted octanol–water partition coefficient (Wildman–Crippen LogP) is 2.12. The molecule has 0 spiro atoms. The van der Waals surface area contributed by atoms with Crippen LogP contribution in [0.15, 0.2) is 18.2 Å². The van der Waals surface area contributed by atoms with E-state index in [-0.39, 0.29) is 5.56 Å². The first-order valence-corrected chi connectivity index (χ1v) is 5.62. The molecule has 0 saturated carbocycles. The third kappa shape index (κ3) is 2.76. The lowest BCUT2D eigenvalue weighted by atomic mass is 9.87. The molecule has 4 nitrogen and oxygen atoms in total. The van der Waals surface area contributed by atoms with Crippen molar-refractivity contribution in [2.24, 2.45) is 5.73 Å². The van der Waals surface area contributed by atoms with Crippen molar-refractivity contribution >= 4 is 0 Å². The molecule has 0 fully saturated rings. The minimum atomic E-state index is -4.77. The minimum absolute atomic E-state index is 0.286. The Morgan fingerprint density at radius 1 is 1.37 bits per heavy atom. The molecule has 2 rings (SSSR count). The summed E-state index contributed by atoms with van der Waals surface area (Å²) in [5.74, 6) is -0.0467. The van der Waals surface area contributed by atoms with Crippen molar-refractivity contribution in [3.8, 4) is 11.5 Å². The molecular weight excluding hydrogens is 263 g/mol. The van der Waals surface area contributed by atoms with E-state index in [0.717, 1.165) is 12.1 Å². The van der Waals surface area contributed by atoms with Gasteiger partial charge < -0.3 is 20.3 Å². The average molecular weight is 277 g/mol. The summed E-state index contributed by atoms with van der Waals surface area (Å²) >= 11 is 0. The quantitative estimate of drug-likeness (QED) is 0.825. The highest BCUT2D eigenvalue weighted by Gasteiger charge is 2.41. The first-order chi connectivity index (χ1) is 8.60. The van der Waals surface area contributed by atoms with Gasteiger partial charge in [-0.2, -0.15) is 0 Å². The molecule has 0 saturated heterocycles. The van der Waals surface area contributed by atoms with Gasteiger partial charge in [-0.25, -0.2) is 0 Å². The molecule has 19 heavy (non-hydrogen) atoms. The molecule has 1 heterocycles. The van der Waals surface area contributed by atoms with Gasteiger partial charge in [-0.05, 0) is 32.0 Å². The van der Waals surface area contributed by atoms with Crippen molar-refractivity contribution in [3.63, 3.8) is 0 Å². The van der Waals surface area contributed by atoms with Crippen LogP contribution in [0.5, 0.6) is 11.5 Å². The van der Waals surface area contributed by atoms with Gasteiger partial charge in [-0.15, -0.1) is 13.2 Å². The molecular formula is C12H14F3NO3. The predicted molar refractivity (Wildman–Crippen MR) is 60.8 cm³/mol. The molecule has 1 aliphatic heterocycles. The fourth-order valence-electron chi connectivity index (χ4n) is 2.02. The Hall–Kier alpha value is -1.47. The monoisotopic (exact) mass is 277 g/mol. The number of fused-ring (bicyclic) bond motifs is 1. The van der Waals surface area contributed by atoms with E-state index in [2.05, 4.69) is 4.74 Å². The molecule has 0 aromatic heterocycles. The maximum atomic E-state index is 12.1. The second-order valence-electron chi connectivity index (χ2n) is 4.92. The number of rotatable bonds is 1. The number of nitrogens with two attached hydrogens (primary N) is 1. The maximum absolute atomic E-state index is 12.1. The summed E-state index contributed by atoms with van der Waals surface area (Å²) in [4.78, 5) is 0. The van der Waals surface area contributed by atoms with E-state index in [4.69, 9.17) is 10.5 Å². The van der Waals surface area contributed by atoms with Gasteiger partial charge in [0.1, 0.15) is 23.2 Å². The first-order valence-electron chi connectivity index (χ1n) is 5.62. The summed E-state index contributed by atoms with van der Waals surface area (Å²) in [6.45, 7) is 3.31. The molecule has 0 aliphatic carbocycles. The molecule has 0 amide bonds. The maximum Gasteiger partial charge on any atom is 0.573 e. The van der Waals surface area contributed by atoms with Gasteiger partial charge in [-0.3, -0.25) is 0 Å². The number of aliphatic hydroxyl groups is 1. The Labute approximate surface area is 107 Å². The summed E-state index contributed by atoms with van der Waals surface area (Å²) in [5.41, 5.74) is 5.21. The van der Waals surface area contributed by atoms with E-state index in [1.165, 1.54) is 6.07 Å². The lowest BCUT2D eigenvalue weighted by Gasteiger charge is -2.40. The summed E-state index contributed by atoms with van der Waals surface area (Å²) in [6.07, 6.45) is -5.80. The van der Waals surface area contributed by atoms with Crippen LogP contribution in [-0.2, 0) is 0 Å². The van der Waals surface area contributed by atoms with Gasteiger partial charge in [-0.1, -0.05) is 0 Å². The molecule has 1 aromatic rings. The van der Waals surface area contributed by atoms with E-state index >= 15 is 0 Å². The van der Waals surface area contributed by atoms with Crippen LogP contribution < -0.4 is 15.2 Å². The van der Waals surface area contributed by atoms with Crippen molar-refractivity contribution in [1.29, 1.82) is 0 Å². The van der Waals surface area contributed by atoms with Crippen LogP contribution in [0.25, 0.3) is 0 Å². The highest BCUT2D eigenvalue weighted by molar-refractivity contribution is 5.45. The van der Waals surface area contributed by atoms with Crippen molar-refractivity contribution in [2.45, 2.75) is 38.0 Å². The number of aliphatic hydroxyl groups excluding tert-OH is 1. The summed E-state index contributed by atoms with van der Waals surface area (Å²) < 4.78 is 45.7. The number of benzene rings is 1. The molecule has 7 heteroatoms. The van der Waals surface area contributed by atoms with E-state index in [1.54, 1.807) is 13.8 Å². The van der Waals surface area contributed by atoms with Crippen molar-refractivity contribution in [2.75, 3.05) is 0 Å². The van der Waals surface area contributed by atoms with E-state index in [0.29, 0.717) is 5.75 Å². The Morgan fingerprint density at radius 2 is 2.00 bits per heavy atom. The van der Waals surface area contributed by atoms with Gasteiger partial charge in [0.15, 0.2) is 0 Å². The zero-order valence-corrected chi connectivity index (χ0v) is 10.4. The number of hydrogen-bond acceptors (Lipinski definition) is 4. The van der Waals surface area contributed by atoms with Crippen LogP contribution in [0.2, 0.25) is 0 Å². The van der Waals surface area contributed by atoms with Gasteiger partial charge >= 0.3 is 6.36 Å². The first kappa shape index (κ1) is 14.0. The largest absolute Gasteiger partial charge is 0.573 e. The van der Waals surface area contributed by atoms with Crippen molar-refractivity contribution in [3.05, 3.63) is 23.8 Å². The number of alkyl halides is 3. The molecule has 0 bridgehead atoms. The van der Waals surface area contributed by atoms with E-state index in [1.807, 2.05) is 0 Å². The number of ether oxygens (including phenoxy) is 2. The van der Waals surface area contributed by atoms with Crippen LogP contribution in [-0.4, -0.2) is 23.2 Å². The van der Waals surface area contributed by atoms with Crippen LogP contribution in [0, 0.1) is 0 Å². The normalized spacial score (nSPS) is 25.4. The van der Waals surface area contributed by atoms with Gasteiger partial charge in [0.2, 0.25) is 0 Å². The molecule has 3 N–H and O–H groups in total. The highest BCUT2D eigenvalue weighted by atomic mass is 19.4.